The van der Waals surface area contributed by atoms with E-state index in [2.05, 4.69) is 16.6 Å². The van der Waals surface area contributed by atoms with Gasteiger partial charge >= 0.3 is 6.03 Å². The van der Waals surface area contributed by atoms with Crippen molar-refractivity contribution in [3.05, 3.63) is 29.8 Å². The van der Waals surface area contributed by atoms with E-state index in [1.807, 2.05) is 6.07 Å². The quantitative estimate of drug-likeness (QED) is 0.685. The number of amides is 3. The zero-order valence-corrected chi connectivity index (χ0v) is 10.0. The van der Waals surface area contributed by atoms with Gasteiger partial charge in [0.15, 0.2) is 0 Å². The summed E-state index contributed by atoms with van der Waals surface area (Å²) < 4.78 is 0. The van der Waals surface area contributed by atoms with Gasteiger partial charge in [0.1, 0.15) is 6.04 Å². The summed E-state index contributed by atoms with van der Waals surface area (Å²) >= 11 is 0. The van der Waals surface area contributed by atoms with Crippen molar-refractivity contribution in [2.75, 3.05) is 5.32 Å². The number of nitrogens with one attached hydrogen (secondary N) is 2. The van der Waals surface area contributed by atoms with E-state index in [4.69, 9.17) is 17.4 Å². The van der Waals surface area contributed by atoms with E-state index in [1.54, 1.807) is 24.3 Å². The Hall–Kier alpha value is -2.99. The second kappa shape index (κ2) is 6.67. The van der Waals surface area contributed by atoms with Gasteiger partial charge in [0, 0.05) is 12.1 Å². The molecule has 0 aromatic heterocycles. The van der Waals surface area contributed by atoms with Crippen LogP contribution in [0.3, 0.4) is 0 Å². The van der Waals surface area contributed by atoms with Crippen molar-refractivity contribution in [1.82, 2.24) is 5.32 Å². The molecule has 0 saturated heterocycles. The second-order valence-corrected chi connectivity index (χ2v) is 3.65. The van der Waals surface area contributed by atoms with Gasteiger partial charge in [0.2, 0.25) is 5.91 Å². The third kappa shape index (κ3) is 4.41. The molecule has 19 heavy (non-hydrogen) atoms. The summed E-state index contributed by atoms with van der Waals surface area (Å²) in [5.74, 6) is 1.55. The number of nitrogens with two attached hydrogens (primary N) is 1. The molecule has 0 radical (unpaired) electrons. The molecule has 4 N–H and O–H groups in total. The Morgan fingerprint density at radius 3 is 2.47 bits per heavy atom. The molecular formula is C13H12N4O2. The molecule has 0 spiro atoms. The first-order valence-corrected chi connectivity index (χ1v) is 5.37. The van der Waals surface area contributed by atoms with Gasteiger partial charge in [-0.15, -0.1) is 12.3 Å². The average molecular weight is 256 g/mol. The van der Waals surface area contributed by atoms with Gasteiger partial charge < -0.3 is 16.4 Å². The fourth-order valence-electron chi connectivity index (χ4n) is 1.29. The summed E-state index contributed by atoms with van der Waals surface area (Å²) in [6, 6.07) is 6.70. The number of primary amides is 1. The molecule has 1 rings (SSSR count). The summed E-state index contributed by atoms with van der Waals surface area (Å²) in [5, 5.41) is 13.5. The molecule has 6 nitrogen and oxygen atoms in total. The molecule has 1 aromatic rings. The van der Waals surface area contributed by atoms with Gasteiger partial charge in [-0.3, -0.25) is 4.79 Å². The van der Waals surface area contributed by atoms with Crippen LogP contribution in [-0.2, 0) is 4.79 Å². The molecule has 0 heterocycles. The van der Waals surface area contributed by atoms with Crippen molar-refractivity contribution in [3.63, 3.8) is 0 Å². The molecule has 96 valence electrons. The molecule has 0 aliphatic carbocycles. The van der Waals surface area contributed by atoms with E-state index < -0.39 is 18.0 Å². The normalized spacial score (nSPS) is 10.6. The monoisotopic (exact) mass is 256 g/mol. The Labute approximate surface area is 110 Å². The first-order valence-electron chi connectivity index (χ1n) is 5.37. The van der Waals surface area contributed by atoms with Gasteiger partial charge in [-0.1, -0.05) is 0 Å². The molecule has 1 atom stereocenters. The summed E-state index contributed by atoms with van der Waals surface area (Å²) in [4.78, 5) is 22.6. The van der Waals surface area contributed by atoms with Crippen molar-refractivity contribution in [1.29, 1.82) is 5.26 Å². The lowest BCUT2D eigenvalue weighted by Gasteiger charge is -2.13. The van der Waals surface area contributed by atoms with Crippen LogP contribution in [0.15, 0.2) is 24.3 Å². The van der Waals surface area contributed by atoms with Crippen LogP contribution in [0.1, 0.15) is 12.0 Å². The molecule has 6 heteroatoms. The van der Waals surface area contributed by atoms with E-state index in [-0.39, 0.29) is 6.42 Å². The van der Waals surface area contributed by atoms with Crippen LogP contribution in [0.4, 0.5) is 10.5 Å². The average Bonchev–Trinajstić information content (AvgIpc) is 2.39. The molecule has 0 bridgehead atoms. The fraction of sp³-hybridized carbons (Fsp3) is 0.154. The van der Waals surface area contributed by atoms with Crippen LogP contribution in [0.2, 0.25) is 0 Å². The number of anilines is 1. The topological polar surface area (TPSA) is 108 Å². The maximum atomic E-state index is 11.6. The van der Waals surface area contributed by atoms with E-state index in [1.165, 1.54) is 0 Å². The van der Waals surface area contributed by atoms with Crippen LogP contribution in [0.5, 0.6) is 0 Å². The molecule has 0 fully saturated rings. The SMILES string of the molecule is C#CCC(NC(=O)Nc1ccc(C#N)cc1)C(N)=O. The van der Waals surface area contributed by atoms with Gasteiger partial charge in [-0.2, -0.15) is 5.26 Å². The van der Waals surface area contributed by atoms with E-state index >= 15 is 0 Å². The molecule has 0 aliphatic heterocycles. The number of benzene rings is 1. The molecule has 3 amide bonds. The van der Waals surface area contributed by atoms with Gasteiger partial charge in [-0.05, 0) is 24.3 Å². The van der Waals surface area contributed by atoms with Crippen molar-refractivity contribution in [2.45, 2.75) is 12.5 Å². The number of hydrogen-bond acceptors (Lipinski definition) is 3. The first-order chi connectivity index (χ1) is 9.06. The minimum absolute atomic E-state index is 0.0239. The molecule has 1 unspecified atom stereocenters. The van der Waals surface area contributed by atoms with Crippen molar-refractivity contribution in [2.24, 2.45) is 5.73 Å². The zero-order chi connectivity index (χ0) is 14.3. The predicted molar refractivity (Wildman–Crippen MR) is 69.7 cm³/mol. The minimum atomic E-state index is -0.914. The van der Waals surface area contributed by atoms with Crippen molar-refractivity contribution >= 4 is 17.6 Å². The van der Waals surface area contributed by atoms with Crippen molar-refractivity contribution in [3.8, 4) is 18.4 Å². The van der Waals surface area contributed by atoms with Crippen molar-refractivity contribution < 1.29 is 9.59 Å². The molecule has 0 saturated carbocycles. The Kier molecular flexibility index (Phi) is 4.94. The maximum absolute atomic E-state index is 11.6. The van der Waals surface area contributed by atoms with Crippen LogP contribution >= 0.6 is 0 Å². The Bertz CT molecular complexity index is 551. The number of nitriles is 1. The Morgan fingerprint density at radius 1 is 1.37 bits per heavy atom. The number of nitrogens with zero attached hydrogens (tertiary/aromatic N) is 1. The summed E-state index contributed by atoms with van der Waals surface area (Å²) in [5.41, 5.74) is 6.06. The van der Waals surface area contributed by atoms with Gasteiger partial charge in [-0.25, -0.2) is 4.79 Å². The van der Waals surface area contributed by atoms with Gasteiger partial charge in [0.25, 0.3) is 0 Å². The predicted octanol–water partition coefficient (Wildman–Crippen LogP) is 0.557. The van der Waals surface area contributed by atoms with E-state index in [9.17, 15) is 9.59 Å². The first kappa shape index (κ1) is 14.1. The van der Waals surface area contributed by atoms with Crippen LogP contribution in [-0.4, -0.2) is 18.0 Å². The summed E-state index contributed by atoms with van der Waals surface area (Å²) in [7, 11) is 0. The highest BCUT2D eigenvalue weighted by Gasteiger charge is 2.16. The minimum Gasteiger partial charge on any atom is -0.368 e. The lowest BCUT2D eigenvalue weighted by Crippen LogP contribution is -2.45. The summed E-state index contributed by atoms with van der Waals surface area (Å²) in [6.07, 6.45) is 5.09. The lowest BCUT2D eigenvalue weighted by atomic mass is 10.2. The number of urea groups is 1. The van der Waals surface area contributed by atoms with Crippen LogP contribution in [0, 0.1) is 23.7 Å². The largest absolute Gasteiger partial charge is 0.368 e. The summed E-state index contributed by atoms with van der Waals surface area (Å²) in [6.45, 7) is 0. The lowest BCUT2D eigenvalue weighted by molar-refractivity contribution is -0.119. The highest BCUT2D eigenvalue weighted by molar-refractivity contribution is 5.93. The Morgan fingerprint density at radius 2 is 2.00 bits per heavy atom. The highest BCUT2D eigenvalue weighted by Crippen LogP contribution is 2.08. The number of hydrogen-bond donors (Lipinski definition) is 3. The smallest absolute Gasteiger partial charge is 0.319 e. The number of terminal acetylenes is 1. The highest BCUT2D eigenvalue weighted by atomic mass is 16.2. The van der Waals surface area contributed by atoms with E-state index in [0.717, 1.165) is 0 Å². The maximum Gasteiger partial charge on any atom is 0.319 e. The van der Waals surface area contributed by atoms with E-state index in [0.29, 0.717) is 11.3 Å². The Balaban J connectivity index is 2.61. The standard InChI is InChI=1S/C13H12N4O2/c1-2-3-11(12(15)18)17-13(19)16-10-6-4-9(8-14)5-7-10/h1,4-7,11H,3H2,(H2,15,18)(H2,16,17,19). The second-order valence-electron chi connectivity index (χ2n) is 3.65. The van der Waals surface area contributed by atoms with Crippen LogP contribution in [0.25, 0.3) is 0 Å². The number of carbonyl (C=O) groups excluding carboxylic acids is 2. The molecular weight excluding hydrogens is 244 g/mol. The molecule has 1 aromatic carbocycles. The number of rotatable bonds is 4. The fourth-order valence-corrected chi connectivity index (χ4v) is 1.29. The third-order valence-corrected chi connectivity index (χ3v) is 2.24. The third-order valence-electron chi connectivity index (χ3n) is 2.24. The molecule has 0 aliphatic rings. The zero-order valence-electron chi connectivity index (χ0n) is 10.0. The number of carbonyl (C=O) groups is 2. The van der Waals surface area contributed by atoms with Crippen LogP contribution < -0.4 is 16.4 Å². The van der Waals surface area contributed by atoms with Gasteiger partial charge in [0.05, 0.1) is 11.6 Å².